The number of rotatable bonds is 3. The summed E-state index contributed by atoms with van der Waals surface area (Å²) in [6.45, 7) is 0. The summed E-state index contributed by atoms with van der Waals surface area (Å²) < 4.78 is 6.13. The SMILES string of the molecule is Oc1ccc2ccccc2c1-c1cc(-c2ccccc2)nc2oc(-c3ccccc3)nc12. The Hall–Kier alpha value is -4.44. The van der Waals surface area contributed by atoms with Gasteiger partial charge in [0.15, 0.2) is 0 Å². The molecule has 0 bridgehead atoms. The molecule has 152 valence electrons. The van der Waals surface area contributed by atoms with E-state index in [1.165, 1.54) is 0 Å². The zero-order chi connectivity index (χ0) is 21.5. The molecule has 0 unspecified atom stereocenters. The van der Waals surface area contributed by atoms with Crippen molar-refractivity contribution >= 4 is 22.0 Å². The van der Waals surface area contributed by atoms with E-state index in [1.54, 1.807) is 6.07 Å². The minimum Gasteiger partial charge on any atom is -0.507 e. The first-order valence-electron chi connectivity index (χ1n) is 10.4. The minimum atomic E-state index is 0.194. The van der Waals surface area contributed by atoms with Crippen LogP contribution in [-0.2, 0) is 0 Å². The van der Waals surface area contributed by atoms with Crippen LogP contribution in [0, 0.1) is 0 Å². The third-order valence-electron chi connectivity index (χ3n) is 5.63. The molecule has 0 aliphatic heterocycles. The van der Waals surface area contributed by atoms with E-state index in [1.807, 2.05) is 97.1 Å². The molecule has 0 spiro atoms. The second kappa shape index (κ2) is 7.36. The predicted molar refractivity (Wildman–Crippen MR) is 127 cm³/mol. The first-order valence-corrected chi connectivity index (χ1v) is 10.4. The first-order chi connectivity index (χ1) is 15.8. The van der Waals surface area contributed by atoms with E-state index in [0.717, 1.165) is 38.7 Å². The summed E-state index contributed by atoms with van der Waals surface area (Å²) in [4.78, 5) is 9.58. The van der Waals surface area contributed by atoms with E-state index in [4.69, 9.17) is 14.4 Å². The molecule has 0 saturated heterocycles. The van der Waals surface area contributed by atoms with E-state index in [-0.39, 0.29) is 5.75 Å². The first kappa shape index (κ1) is 18.3. The van der Waals surface area contributed by atoms with Gasteiger partial charge in [-0.2, -0.15) is 0 Å². The Morgan fingerprint density at radius 2 is 1.34 bits per heavy atom. The van der Waals surface area contributed by atoms with Gasteiger partial charge in [-0.15, -0.1) is 0 Å². The molecule has 2 aromatic heterocycles. The number of aromatic hydroxyl groups is 1. The Kier molecular flexibility index (Phi) is 4.22. The van der Waals surface area contributed by atoms with Crippen LogP contribution in [0.25, 0.3) is 55.8 Å². The molecule has 6 aromatic rings. The maximum absolute atomic E-state index is 10.9. The Morgan fingerprint density at radius 3 is 2.12 bits per heavy atom. The molecule has 4 heteroatoms. The second-order valence-electron chi connectivity index (χ2n) is 7.64. The van der Waals surface area contributed by atoms with Crippen molar-refractivity contribution in [1.29, 1.82) is 0 Å². The Labute approximate surface area is 184 Å². The zero-order valence-corrected chi connectivity index (χ0v) is 17.1. The number of pyridine rings is 1. The van der Waals surface area contributed by atoms with E-state index in [9.17, 15) is 5.11 Å². The maximum Gasteiger partial charge on any atom is 0.248 e. The van der Waals surface area contributed by atoms with Crippen LogP contribution in [-0.4, -0.2) is 15.1 Å². The van der Waals surface area contributed by atoms with Crippen molar-refractivity contribution in [3.63, 3.8) is 0 Å². The normalized spacial score (nSPS) is 11.2. The standard InChI is InChI=1S/C28H18N2O2/c31-24-16-15-18-9-7-8-14-21(18)25(24)22-17-23(19-10-3-1-4-11-19)29-28-26(22)30-27(32-28)20-12-5-2-6-13-20/h1-17,31H. The van der Waals surface area contributed by atoms with Crippen molar-refractivity contribution in [2.45, 2.75) is 0 Å². The fourth-order valence-electron chi connectivity index (χ4n) is 4.10. The second-order valence-corrected chi connectivity index (χ2v) is 7.64. The molecule has 0 saturated carbocycles. The van der Waals surface area contributed by atoms with E-state index < -0.39 is 0 Å². The zero-order valence-electron chi connectivity index (χ0n) is 17.1. The molecular weight excluding hydrogens is 396 g/mol. The third-order valence-corrected chi connectivity index (χ3v) is 5.63. The minimum absolute atomic E-state index is 0.194. The number of oxazole rings is 1. The van der Waals surface area contributed by atoms with Gasteiger partial charge in [0.05, 0.1) is 5.69 Å². The van der Waals surface area contributed by atoms with Gasteiger partial charge in [-0.05, 0) is 35.0 Å². The molecule has 0 aliphatic carbocycles. The van der Waals surface area contributed by atoms with Crippen LogP contribution < -0.4 is 0 Å². The van der Waals surface area contributed by atoms with Crippen molar-refractivity contribution < 1.29 is 9.52 Å². The van der Waals surface area contributed by atoms with Gasteiger partial charge in [-0.1, -0.05) is 78.9 Å². The van der Waals surface area contributed by atoms with E-state index in [2.05, 4.69) is 0 Å². The average molecular weight is 414 g/mol. The quantitative estimate of drug-likeness (QED) is 0.336. The van der Waals surface area contributed by atoms with Gasteiger partial charge in [-0.3, -0.25) is 0 Å². The van der Waals surface area contributed by atoms with E-state index >= 15 is 0 Å². The van der Waals surface area contributed by atoms with Gasteiger partial charge in [-0.25, -0.2) is 9.97 Å². The van der Waals surface area contributed by atoms with Crippen LogP contribution in [0.3, 0.4) is 0 Å². The molecule has 4 nitrogen and oxygen atoms in total. The summed E-state index contributed by atoms with van der Waals surface area (Å²) in [5.74, 6) is 0.693. The number of phenols is 1. The van der Waals surface area contributed by atoms with Crippen LogP contribution in [0.5, 0.6) is 5.75 Å². The lowest BCUT2D eigenvalue weighted by molar-refractivity contribution is 0.478. The van der Waals surface area contributed by atoms with Gasteiger partial charge in [0.25, 0.3) is 0 Å². The highest BCUT2D eigenvalue weighted by molar-refractivity contribution is 6.06. The Bertz CT molecular complexity index is 1570. The topological polar surface area (TPSA) is 59.2 Å². The van der Waals surface area contributed by atoms with E-state index in [0.29, 0.717) is 17.1 Å². The highest BCUT2D eigenvalue weighted by Crippen LogP contribution is 2.41. The molecule has 0 atom stereocenters. The van der Waals surface area contributed by atoms with Gasteiger partial charge in [0.1, 0.15) is 11.3 Å². The number of hydrogen-bond acceptors (Lipinski definition) is 4. The van der Waals surface area contributed by atoms with Crippen LogP contribution in [0.1, 0.15) is 0 Å². The molecule has 0 radical (unpaired) electrons. The number of benzene rings is 4. The van der Waals surface area contributed by atoms with Crippen molar-refractivity contribution in [2.24, 2.45) is 0 Å². The maximum atomic E-state index is 10.9. The van der Waals surface area contributed by atoms with Crippen molar-refractivity contribution in [3.05, 3.63) is 103 Å². The highest BCUT2D eigenvalue weighted by atomic mass is 16.4. The summed E-state index contributed by atoms with van der Waals surface area (Å²) in [6, 6.07) is 33.4. The van der Waals surface area contributed by atoms with Crippen LogP contribution in [0.4, 0.5) is 0 Å². The summed E-state index contributed by atoms with van der Waals surface area (Å²) in [5.41, 5.74) is 5.17. The molecule has 6 rings (SSSR count). The molecule has 0 aliphatic rings. The summed E-state index contributed by atoms with van der Waals surface area (Å²) in [6.07, 6.45) is 0. The Morgan fingerprint density at radius 1 is 0.656 bits per heavy atom. The smallest absolute Gasteiger partial charge is 0.248 e. The third kappa shape index (κ3) is 3.01. The molecule has 32 heavy (non-hydrogen) atoms. The molecular formula is C28H18N2O2. The number of fused-ring (bicyclic) bond motifs is 2. The van der Waals surface area contributed by atoms with Crippen molar-refractivity contribution in [2.75, 3.05) is 0 Å². The van der Waals surface area contributed by atoms with Gasteiger partial charge in [0, 0.05) is 22.3 Å². The highest BCUT2D eigenvalue weighted by Gasteiger charge is 2.20. The molecule has 0 fully saturated rings. The van der Waals surface area contributed by atoms with Gasteiger partial charge >= 0.3 is 0 Å². The van der Waals surface area contributed by atoms with Crippen LogP contribution >= 0.6 is 0 Å². The number of nitrogens with zero attached hydrogens (tertiary/aromatic N) is 2. The molecule has 2 heterocycles. The van der Waals surface area contributed by atoms with Gasteiger partial charge in [0.2, 0.25) is 11.6 Å². The van der Waals surface area contributed by atoms with Crippen molar-refractivity contribution in [3.8, 4) is 39.6 Å². The van der Waals surface area contributed by atoms with Gasteiger partial charge < -0.3 is 9.52 Å². The Balaban J connectivity index is 1.70. The largest absolute Gasteiger partial charge is 0.507 e. The number of phenolic OH excluding ortho intramolecular Hbond substituents is 1. The fourth-order valence-corrected chi connectivity index (χ4v) is 4.10. The summed E-state index contributed by atoms with van der Waals surface area (Å²) >= 11 is 0. The van der Waals surface area contributed by atoms with Crippen LogP contribution in [0.15, 0.2) is 108 Å². The lowest BCUT2D eigenvalue weighted by atomic mass is 9.95. The average Bonchev–Trinajstić information content (AvgIpc) is 3.29. The molecule has 1 N–H and O–H groups in total. The van der Waals surface area contributed by atoms with Crippen molar-refractivity contribution in [1.82, 2.24) is 9.97 Å². The lowest BCUT2D eigenvalue weighted by Crippen LogP contribution is -1.90. The predicted octanol–water partition coefficient (Wildman–Crippen LogP) is 7.08. The monoisotopic (exact) mass is 414 g/mol. The lowest BCUT2D eigenvalue weighted by Gasteiger charge is -2.11. The number of aromatic nitrogens is 2. The molecule has 0 amide bonds. The summed E-state index contributed by atoms with van der Waals surface area (Å²) in [7, 11) is 0. The van der Waals surface area contributed by atoms with Crippen LogP contribution in [0.2, 0.25) is 0 Å². The number of hydrogen-bond donors (Lipinski definition) is 1. The summed E-state index contributed by atoms with van der Waals surface area (Å²) in [5, 5.41) is 12.9. The molecule has 4 aromatic carbocycles. The fraction of sp³-hybridized carbons (Fsp3) is 0.